The van der Waals surface area contributed by atoms with Gasteiger partial charge in [0.1, 0.15) is 5.15 Å². The molecule has 1 aromatic carbocycles. The SMILES string of the molecule is CCc1c(C)nc(-c2ccc(Br)c(C)c2)nc1Cl. The Hall–Kier alpha value is -0.930. The van der Waals surface area contributed by atoms with Gasteiger partial charge >= 0.3 is 0 Å². The van der Waals surface area contributed by atoms with E-state index in [2.05, 4.69) is 38.9 Å². The first-order valence-electron chi connectivity index (χ1n) is 5.82. The van der Waals surface area contributed by atoms with E-state index in [4.69, 9.17) is 11.6 Å². The highest BCUT2D eigenvalue weighted by atomic mass is 79.9. The van der Waals surface area contributed by atoms with Gasteiger partial charge in [-0.3, -0.25) is 0 Å². The third-order valence-corrected chi connectivity index (χ3v) is 4.14. The third-order valence-electron chi connectivity index (χ3n) is 2.93. The normalized spacial score (nSPS) is 10.7. The zero-order chi connectivity index (χ0) is 13.3. The highest BCUT2D eigenvalue weighted by molar-refractivity contribution is 9.10. The number of nitrogens with zero attached hydrogens (tertiary/aromatic N) is 2. The molecule has 1 heterocycles. The van der Waals surface area contributed by atoms with E-state index in [0.29, 0.717) is 11.0 Å². The van der Waals surface area contributed by atoms with Crippen molar-refractivity contribution in [1.82, 2.24) is 9.97 Å². The van der Waals surface area contributed by atoms with Crippen LogP contribution in [-0.4, -0.2) is 9.97 Å². The van der Waals surface area contributed by atoms with E-state index in [1.807, 2.05) is 26.0 Å². The Morgan fingerprint density at radius 1 is 1.22 bits per heavy atom. The molecule has 0 amide bonds. The molecular weight excluding hydrogens is 312 g/mol. The number of halogens is 2. The van der Waals surface area contributed by atoms with E-state index in [1.165, 1.54) is 0 Å². The first-order chi connectivity index (χ1) is 8.52. The summed E-state index contributed by atoms with van der Waals surface area (Å²) in [4.78, 5) is 8.92. The smallest absolute Gasteiger partial charge is 0.161 e. The molecule has 1 aromatic heterocycles. The summed E-state index contributed by atoms with van der Waals surface area (Å²) in [5.41, 5.74) is 4.12. The fourth-order valence-electron chi connectivity index (χ4n) is 1.88. The van der Waals surface area contributed by atoms with Crippen LogP contribution in [0.3, 0.4) is 0 Å². The summed E-state index contributed by atoms with van der Waals surface area (Å²) in [6.07, 6.45) is 0.852. The number of aryl methyl sites for hydroxylation is 2. The van der Waals surface area contributed by atoms with E-state index in [-0.39, 0.29) is 0 Å². The molecule has 0 N–H and O–H groups in total. The van der Waals surface area contributed by atoms with Crippen LogP contribution in [-0.2, 0) is 6.42 Å². The molecular formula is C14H14BrClN2. The molecule has 18 heavy (non-hydrogen) atoms. The van der Waals surface area contributed by atoms with Gasteiger partial charge in [-0.25, -0.2) is 9.97 Å². The van der Waals surface area contributed by atoms with Crippen LogP contribution in [0.4, 0.5) is 0 Å². The van der Waals surface area contributed by atoms with Crippen molar-refractivity contribution in [3.8, 4) is 11.4 Å². The minimum atomic E-state index is 0.556. The minimum absolute atomic E-state index is 0.556. The van der Waals surface area contributed by atoms with Crippen LogP contribution in [0.15, 0.2) is 22.7 Å². The van der Waals surface area contributed by atoms with Gasteiger partial charge in [-0.1, -0.05) is 40.5 Å². The average molecular weight is 326 g/mol. The predicted octanol–water partition coefficient (Wildman–Crippen LogP) is 4.74. The lowest BCUT2D eigenvalue weighted by Gasteiger charge is -2.08. The second-order valence-electron chi connectivity index (χ2n) is 4.22. The van der Waals surface area contributed by atoms with Crippen molar-refractivity contribution in [2.45, 2.75) is 27.2 Å². The quantitative estimate of drug-likeness (QED) is 0.745. The molecule has 4 heteroatoms. The summed E-state index contributed by atoms with van der Waals surface area (Å²) >= 11 is 9.68. The zero-order valence-corrected chi connectivity index (χ0v) is 12.9. The molecule has 0 aliphatic rings. The van der Waals surface area contributed by atoms with Crippen LogP contribution in [0.25, 0.3) is 11.4 Å². The Kier molecular flexibility index (Phi) is 4.03. The first-order valence-corrected chi connectivity index (χ1v) is 6.99. The molecule has 0 bridgehead atoms. The summed E-state index contributed by atoms with van der Waals surface area (Å²) in [5.74, 6) is 0.685. The molecule has 0 radical (unpaired) electrons. The topological polar surface area (TPSA) is 25.8 Å². The monoisotopic (exact) mass is 324 g/mol. The average Bonchev–Trinajstić information content (AvgIpc) is 2.32. The van der Waals surface area contributed by atoms with Gasteiger partial charge in [-0.05, 0) is 38.0 Å². The van der Waals surface area contributed by atoms with Gasteiger partial charge in [-0.2, -0.15) is 0 Å². The first kappa shape index (κ1) is 13.5. The van der Waals surface area contributed by atoms with E-state index in [9.17, 15) is 0 Å². The standard InChI is InChI=1S/C14H14BrClN2/c1-4-11-9(3)17-14(18-13(11)16)10-5-6-12(15)8(2)7-10/h5-7H,4H2,1-3H3. The lowest BCUT2D eigenvalue weighted by atomic mass is 10.1. The van der Waals surface area contributed by atoms with E-state index in [1.54, 1.807) is 0 Å². The maximum absolute atomic E-state index is 6.20. The Balaban J connectivity index is 2.54. The molecule has 0 saturated heterocycles. The molecule has 0 spiro atoms. The van der Waals surface area contributed by atoms with Crippen molar-refractivity contribution >= 4 is 27.5 Å². The van der Waals surface area contributed by atoms with Gasteiger partial charge in [0.25, 0.3) is 0 Å². The van der Waals surface area contributed by atoms with E-state index < -0.39 is 0 Å². The molecule has 0 saturated carbocycles. The highest BCUT2D eigenvalue weighted by Crippen LogP contribution is 2.25. The number of aromatic nitrogens is 2. The van der Waals surface area contributed by atoms with Crippen LogP contribution in [0.5, 0.6) is 0 Å². The predicted molar refractivity (Wildman–Crippen MR) is 79.0 cm³/mol. The summed E-state index contributed by atoms with van der Waals surface area (Å²) in [7, 11) is 0. The summed E-state index contributed by atoms with van der Waals surface area (Å²) < 4.78 is 1.08. The maximum atomic E-state index is 6.20. The molecule has 2 nitrogen and oxygen atoms in total. The highest BCUT2D eigenvalue weighted by Gasteiger charge is 2.10. The van der Waals surface area contributed by atoms with Crippen molar-refractivity contribution in [1.29, 1.82) is 0 Å². The van der Waals surface area contributed by atoms with Gasteiger partial charge < -0.3 is 0 Å². The van der Waals surface area contributed by atoms with Crippen LogP contribution in [0, 0.1) is 13.8 Å². The molecule has 0 aliphatic carbocycles. The summed E-state index contributed by atoms with van der Waals surface area (Å²) in [5, 5.41) is 0.556. The number of hydrogen-bond donors (Lipinski definition) is 0. The second-order valence-corrected chi connectivity index (χ2v) is 5.43. The van der Waals surface area contributed by atoms with E-state index in [0.717, 1.165) is 33.3 Å². The molecule has 0 unspecified atom stereocenters. The molecule has 0 aliphatic heterocycles. The molecule has 0 fully saturated rings. The maximum Gasteiger partial charge on any atom is 0.161 e. The Morgan fingerprint density at radius 3 is 2.50 bits per heavy atom. The van der Waals surface area contributed by atoms with Crippen molar-refractivity contribution in [3.63, 3.8) is 0 Å². The fraction of sp³-hybridized carbons (Fsp3) is 0.286. The molecule has 0 atom stereocenters. The van der Waals surface area contributed by atoms with Crippen molar-refractivity contribution < 1.29 is 0 Å². The van der Waals surface area contributed by atoms with Crippen LogP contribution >= 0.6 is 27.5 Å². The number of benzene rings is 1. The third kappa shape index (κ3) is 2.57. The van der Waals surface area contributed by atoms with Crippen molar-refractivity contribution in [2.24, 2.45) is 0 Å². The van der Waals surface area contributed by atoms with Crippen LogP contribution in [0.1, 0.15) is 23.7 Å². The van der Waals surface area contributed by atoms with Crippen LogP contribution < -0.4 is 0 Å². The zero-order valence-electron chi connectivity index (χ0n) is 10.6. The minimum Gasteiger partial charge on any atom is -0.233 e. The fourth-order valence-corrected chi connectivity index (χ4v) is 2.47. The second kappa shape index (κ2) is 5.37. The molecule has 94 valence electrons. The Morgan fingerprint density at radius 2 is 1.94 bits per heavy atom. The lowest BCUT2D eigenvalue weighted by molar-refractivity contribution is 1.00. The van der Waals surface area contributed by atoms with Gasteiger partial charge in [0.05, 0.1) is 0 Å². The number of rotatable bonds is 2. The lowest BCUT2D eigenvalue weighted by Crippen LogP contribution is -1.99. The van der Waals surface area contributed by atoms with E-state index >= 15 is 0 Å². The summed E-state index contributed by atoms with van der Waals surface area (Å²) in [6, 6.07) is 6.06. The van der Waals surface area contributed by atoms with Crippen LogP contribution in [0.2, 0.25) is 5.15 Å². The molecule has 2 aromatic rings. The largest absolute Gasteiger partial charge is 0.233 e. The Labute approximate surface area is 121 Å². The van der Waals surface area contributed by atoms with Gasteiger partial charge in [-0.15, -0.1) is 0 Å². The van der Waals surface area contributed by atoms with Crippen molar-refractivity contribution in [3.05, 3.63) is 44.6 Å². The number of hydrogen-bond acceptors (Lipinski definition) is 2. The summed E-state index contributed by atoms with van der Waals surface area (Å²) in [6.45, 7) is 6.07. The Bertz CT molecular complexity index is 573. The van der Waals surface area contributed by atoms with Gasteiger partial charge in [0, 0.05) is 21.3 Å². The molecule has 2 rings (SSSR count). The van der Waals surface area contributed by atoms with Gasteiger partial charge in [0.15, 0.2) is 5.82 Å². The van der Waals surface area contributed by atoms with Gasteiger partial charge in [0.2, 0.25) is 0 Å². The van der Waals surface area contributed by atoms with Crippen molar-refractivity contribution in [2.75, 3.05) is 0 Å².